The molecular weight excluding hydrogens is 358 g/mol. The number of aromatic nitrogens is 1. The molecule has 29 heavy (non-hydrogen) atoms. The highest BCUT2D eigenvalue weighted by molar-refractivity contribution is 6.11. The number of nitrogens with one attached hydrogen (secondary N) is 1. The second-order valence-corrected chi connectivity index (χ2v) is 7.42. The van der Waals surface area contributed by atoms with Crippen molar-refractivity contribution in [2.45, 2.75) is 19.9 Å². The highest BCUT2D eigenvalue weighted by Gasteiger charge is 2.32. The molecule has 1 atom stereocenters. The molecule has 3 aromatic carbocycles. The first-order valence-corrected chi connectivity index (χ1v) is 9.61. The molecule has 140 valence electrons. The monoisotopic (exact) mass is 377 g/mol. The maximum Gasteiger partial charge on any atom is 0.259 e. The van der Waals surface area contributed by atoms with Crippen LogP contribution >= 0.6 is 0 Å². The zero-order chi connectivity index (χ0) is 20.1. The molecule has 4 nitrogen and oxygen atoms in total. The fourth-order valence-corrected chi connectivity index (χ4v) is 4.47. The summed E-state index contributed by atoms with van der Waals surface area (Å²) in [7, 11) is 0. The van der Waals surface area contributed by atoms with Crippen LogP contribution in [0.1, 0.15) is 38.7 Å². The van der Waals surface area contributed by atoms with Crippen LogP contribution in [0.4, 0.5) is 0 Å². The van der Waals surface area contributed by atoms with E-state index in [0.29, 0.717) is 5.56 Å². The van der Waals surface area contributed by atoms with E-state index in [9.17, 15) is 10.1 Å². The van der Waals surface area contributed by atoms with Crippen LogP contribution in [0.3, 0.4) is 0 Å². The molecule has 0 fully saturated rings. The second kappa shape index (κ2) is 6.35. The minimum Gasteiger partial charge on any atom is -0.354 e. The summed E-state index contributed by atoms with van der Waals surface area (Å²) in [6.07, 6.45) is 3.70. The largest absolute Gasteiger partial charge is 0.354 e. The molecular formula is C25H19N3O. The zero-order valence-electron chi connectivity index (χ0n) is 16.2. The Kier molecular flexibility index (Phi) is 3.78. The van der Waals surface area contributed by atoms with Crippen LogP contribution < -0.4 is 0 Å². The highest BCUT2D eigenvalue weighted by atomic mass is 16.2. The van der Waals surface area contributed by atoms with Gasteiger partial charge in [0.15, 0.2) is 0 Å². The number of aromatic amines is 1. The SMILES string of the molecule is Cc1c2c(c(C)c3c1[nH]c1ccccc13)[C@@H](C#N)N(C(=O)c1ccccc1)C=C2. The van der Waals surface area contributed by atoms with Crippen molar-refractivity contribution in [3.05, 3.63) is 88.6 Å². The lowest BCUT2D eigenvalue weighted by atomic mass is 9.86. The number of rotatable bonds is 1. The summed E-state index contributed by atoms with van der Waals surface area (Å²) in [5.41, 5.74) is 6.81. The van der Waals surface area contributed by atoms with Crippen molar-refractivity contribution in [3.63, 3.8) is 0 Å². The minimum absolute atomic E-state index is 0.171. The van der Waals surface area contributed by atoms with Gasteiger partial charge in [0.1, 0.15) is 6.04 Å². The van der Waals surface area contributed by atoms with Crippen molar-refractivity contribution in [2.24, 2.45) is 0 Å². The van der Waals surface area contributed by atoms with Crippen molar-refractivity contribution in [3.8, 4) is 6.07 Å². The Hall–Kier alpha value is -3.84. The Labute approximate surface area is 168 Å². The lowest BCUT2D eigenvalue weighted by Gasteiger charge is -2.31. The molecule has 2 heterocycles. The molecule has 1 amide bonds. The first-order valence-electron chi connectivity index (χ1n) is 9.61. The summed E-state index contributed by atoms with van der Waals surface area (Å²) in [5, 5.41) is 12.3. The van der Waals surface area contributed by atoms with Crippen LogP contribution in [-0.2, 0) is 0 Å². The number of hydrogen-bond donors (Lipinski definition) is 1. The van der Waals surface area contributed by atoms with E-state index in [1.54, 1.807) is 23.2 Å². The number of para-hydroxylation sites is 1. The zero-order valence-corrected chi connectivity index (χ0v) is 16.2. The Morgan fingerprint density at radius 2 is 1.76 bits per heavy atom. The molecule has 1 aliphatic heterocycles. The summed E-state index contributed by atoms with van der Waals surface area (Å²) < 4.78 is 0. The van der Waals surface area contributed by atoms with Crippen LogP contribution in [0.2, 0.25) is 0 Å². The standard InChI is InChI=1S/C25H19N3O/c1-15-18-12-13-28(25(29)17-8-4-3-5-9-17)21(14-26)22(18)16(2)23-19-10-6-7-11-20(19)27-24(15)23/h3-13,21,27H,1-2H3/t21-/m1/s1. The number of nitriles is 1. The molecule has 0 aliphatic carbocycles. The van der Waals surface area contributed by atoms with Gasteiger partial charge in [0.25, 0.3) is 5.91 Å². The summed E-state index contributed by atoms with van der Waals surface area (Å²) in [5.74, 6) is -0.171. The van der Waals surface area contributed by atoms with Gasteiger partial charge < -0.3 is 4.98 Å². The van der Waals surface area contributed by atoms with Crippen LogP contribution in [0.5, 0.6) is 0 Å². The Bertz CT molecular complexity index is 1360. The minimum atomic E-state index is -0.667. The van der Waals surface area contributed by atoms with Crippen LogP contribution in [0.25, 0.3) is 27.9 Å². The molecule has 0 spiro atoms. The average Bonchev–Trinajstić information content (AvgIpc) is 3.16. The Balaban J connectivity index is 1.76. The van der Waals surface area contributed by atoms with Gasteiger partial charge in [-0.25, -0.2) is 0 Å². The molecule has 4 heteroatoms. The second-order valence-electron chi connectivity index (χ2n) is 7.42. The maximum absolute atomic E-state index is 13.1. The van der Waals surface area contributed by atoms with Gasteiger partial charge in [-0.3, -0.25) is 9.69 Å². The van der Waals surface area contributed by atoms with Crippen molar-refractivity contribution in [1.82, 2.24) is 9.88 Å². The predicted molar refractivity (Wildman–Crippen MR) is 115 cm³/mol. The molecule has 5 rings (SSSR count). The fraction of sp³-hybridized carbons (Fsp3) is 0.120. The molecule has 0 unspecified atom stereocenters. The summed E-state index contributed by atoms with van der Waals surface area (Å²) in [6, 6.07) is 19.0. The number of carbonyl (C=O) groups is 1. The summed E-state index contributed by atoms with van der Waals surface area (Å²) in [6.45, 7) is 4.12. The van der Waals surface area contributed by atoms with Crippen molar-refractivity contribution in [2.75, 3.05) is 0 Å². The quantitative estimate of drug-likeness (QED) is 0.467. The van der Waals surface area contributed by atoms with Gasteiger partial charge in [-0.15, -0.1) is 0 Å². The molecule has 0 radical (unpaired) electrons. The van der Waals surface area contributed by atoms with Crippen molar-refractivity contribution in [1.29, 1.82) is 5.26 Å². The predicted octanol–water partition coefficient (Wildman–Crippen LogP) is 5.63. The molecule has 0 bridgehead atoms. The van der Waals surface area contributed by atoms with Gasteiger partial charge in [-0.1, -0.05) is 36.4 Å². The van der Waals surface area contributed by atoms with Crippen molar-refractivity contribution < 1.29 is 4.79 Å². The van der Waals surface area contributed by atoms with Gasteiger partial charge in [0.05, 0.1) is 11.6 Å². The number of nitrogens with zero attached hydrogens (tertiary/aromatic N) is 2. The third-order valence-electron chi connectivity index (χ3n) is 5.89. The first kappa shape index (κ1) is 17.3. The smallest absolute Gasteiger partial charge is 0.259 e. The number of benzene rings is 3. The van der Waals surface area contributed by atoms with E-state index in [1.807, 2.05) is 36.4 Å². The highest BCUT2D eigenvalue weighted by Crippen LogP contribution is 2.42. The third-order valence-corrected chi connectivity index (χ3v) is 5.89. The molecule has 0 saturated carbocycles. The number of H-pyrrole nitrogens is 1. The molecule has 1 N–H and O–H groups in total. The fourth-order valence-electron chi connectivity index (χ4n) is 4.47. The van der Waals surface area contributed by atoms with Gasteiger partial charge in [-0.2, -0.15) is 5.26 Å². The third kappa shape index (κ3) is 2.41. The summed E-state index contributed by atoms with van der Waals surface area (Å²) in [4.78, 5) is 18.2. The Morgan fingerprint density at radius 1 is 1.03 bits per heavy atom. The van der Waals surface area contributed by atoms with E-state index in [2.05, 4.69) is 37.0 Å². The van der Waals surface area contributed by atoms with E-state index in [-0.39, 0.29) is 5.91 Å². The number of amides is 1. The topological polar surface area (TPSA) is 59.9 Å². The van der Waals surface area contributed by atoms with E-state index in [0.717, 1.165) is 44.1 Å². The van der Waals surface area contributed by atoms with Gasteiger partial charge in [-0.05, 0) is 54.8 Å². The average molecular weight is 377 g/mol. The Morgan fingerprint density at radius 3 is 2.52 bits per heavy atom. The van der Waals surface area contributed by atoms with E-state index >= 15 is 0 Å². The number of carbonyl (C=O) groups excluding carboxylic acids is 1. The maximum atomic E-state index is 13.1. The van der Waals surface area contributed by atoms with Crippen LogP contribution in [0, 0.1) is 25.2 Å². The lowest BCUT2D eigenvalue weighted by molar-refractivity contribution is 0.0794. The normalized spacial score (nSPS) is 15.5. The molecule has 1 aliphatic rings. The van der Waals surface area contributed by atoms with Gasteiger partial charge in [0.2, 0.25) is 0 Å². The van der Waals surface area contributed by atoms with Gasteiger partial charge >= 0.3 is 0 Å². The van der Waals surface area contributed by atoms with E-state index in [1.165, 1.54) is 0 Å². The van der Waals surface area contributed by atoms with Crippen LogP contribution in [-0.4, -0.2) is 15.8 Å². The van der Waals surface area contributed by atoms with E-state index < -0.39 is 6.04 Å². The van der Waals surface area contributed by atoms with E-state index in [4.69, 9.17) is 0 Å². The van der Waals surface area contributed by atoms with Crippen molar-refractivity contribution >= 4 is 33.8 Å². The molecule has 0 saturated heterocycles. The molecule has 4 aromatic rings. The van der Waals surface area contributed by atoms with Gasteiger partial charge in [0, 0.05) is 33.6 Å². The lowest BCUT2D eigenvalue weighted by Crippen LogP contribution is -2.32. The van der Waals surface area contributed by atoms with Crippen LogP contribution in [0.15, 0.2) is 60.8 Å². The number of aryl methyl sites for hydroxylation is 2. The first-order chi connectivity index (χ1) is 14.1. The summed E-state index contributed by atoms with van der Waals surface area (Å²) >= 11 is 0. The number of hydrogen-bond acceptors (Lipinski definition) is 2. The number of fused-ring (bicyclic) bond motifs is 4. The molecule has 1 aromatic heterocycles.